The number of hydrogen-bond donors (Lipinski definition) is 1. The molecular weight excluding hydrogens is 330 g/mol. The second-order valence-corrected chi connectivity index (χ2v) is 5.91. The van der Waals surface area contributed by atoms with E-state index in [9.17, 15) is 0 Å². The predicted molar refractivity (Wildman–Crippen MR) is 81.1 cm³/mol. The van der Waals surface area contributed by atoms with Crippen LogP contribution in [0.3, 0.4) is 0 Å². The molecule has 0 bridgehead atoms. The van der Waals surface area contributed by atoms with Gasteiger partial charge in [-0.15, -0.1) is 0 Å². The average molecular weight is 349 g/mol. The first-order chi connectivity index (χ1) is 9.22. The minimum Gasteiger partial charge on any atom is -0.492 e. The van der Waals surface area contributed by atoms with Gasteiger partial charge in [-0.05, 0) is 37.1 Å². The van der Waals surface area contributed by atoms with Crippen LogP contribution in [0.15, 0.2) is 16.6 Å². The van der Waals surface area contributed by atoms with Crippen LogP contribution < -0.4 is 10.1 Å². The van der Waals surface area contributed by atoms with Crippen molar-refractivity contribution in [1.82, 2.24) is 5.32 Å². The van der Waals surface area contributed by atoms with Crippen LogP contribution in [-0.2, 0) is 4.74 Å². The van der Waals surface area contributed by atoms with E-state index in [1.54, 1.807) is 7.11 Å². The lowest BCUT2D eigenvalue weighted by molar-refractivity contribution is 0.172. The molecule has 1 atom stereocenters. The smallest absolute Gasteiger partial charge is 0.138 e. The van der Waals surface area contributed by atoms with Gasteiger partial charge in [0.1, 0.15) is 5.75 Å². The molecule has 0 aliphatic carbocycles. The summed E-state index contributed by atoms with van der Waals surface area (Å²) in [6, 6.07) is 4.36. The first kappa shape index (κ1) is 15.1. The molecule has 0 amide bonds. The van der Waals surface area contributed by atoms with E-state index in [4.69, 9.17) is 21.1 Å². The summed E-state index contributed by atoms with van der Waals surface area (Å²) < 4.78 is 11.8. The second kappa shape index (κ2) is 7.48. The molecule has 1 heterocycles. The Morgan fingerprint density at radius 1 is 1.42 bits per heavy atom. The van der Waals surface area contributed by atoms with Gasteiger partial charge in [0.15, 0.2) is 0 Å². The lowest BCUT2D eigenvalue weighted by Crippen LogP contribution is -2.13. The van der Waals surface area contributed by atoms with Crippen molar-refractivity contribution in [3.05, 3.63) is 27.2 Å². The van der Waals surface area contributed by atoms with E-state index in [-0.39, 0.29) is 0 Å². The normalized spacial score (nSPS) is 18.8. The van der Waals surface area contributed by atoms with Crippen LogP contribution in [0.5, 0.6) is 5.75 Å². The van der Waals surface area contributed by atoms with Gasteiger partial charge in [0.05, 0.1) is 11.6 Å². The Labute approximate surface area is 127 Å². The van der Waals surface area contributed by atoms with Gasteiger partial charge in [-0.25, -0.2) is 0 Å². The Hall–Kier alpha value is -0.290. The summed E-state index contributed by atoms with van der Waals surface area (Å²) in [5.74, 6) is 0.754. The van der Waals surface area contributed by atoms with Gasteiger partial charge in [0, 0.05) is 30.7 Å². The molecule has 19 heavy (non-hydrogen) atoms. The van der Waals surface area contributed by atoms with Gasteiger partial charge < -0.3 is 14.8 Å². The van der Waals surface area contributed by atoms with Gasteiger partial charge in [-0.1, -0.05) is 27.5 Å². The molecule has 0 saturated carbocycles. The van der Waals surface area contributed by atoms with Crippen LogP contribution in [0.1, 0.15) is 30.9 Å². The summed E-state index contributed by atoms with van der Waals surface area (Å²) >= 11 is 9.80. The van der Waals surface area contributed by atoms with Crippen LogP contribution in [0, 0.1) is 0 Å². The van der Waals surface area contributed by atoms with E-state index in [0.717, 1.165) is 29.6 Å². The topological polar surface area (TPSA) is 30.5 Å². The van der Waals surface area contributed by atoms with Crippen molar-refractivity contribution >= 4 is 27.5 Å². The summed E-state index contributed by atoms with van der Waals surface area (Å²) in [4.78, 5) is 0. The number of nitrogens with one attached hydrogen (secondary N) is 1. The molecule has 0 aromatic heterocycles. The third-order valence-corrected chi connectivity index (χ3v) is 4.22. The standard InChI is InChI=1S/C14H19BrClNO2/c1-18-6-3-7-19-14-8-10(11(15)9-12(14)16)13-4-2-5-17-13/h8-9,13,17H,2-7H2,1H3. The van der Waals surface area contributed by atoms with Gasteiger partial charge in [-0.3, -0.25) is 0 Å². The van der Waals surface area contributed by atoms with Crippen LogP contribution in [0.4, 0.5) is 0 Å². The monoisotopic (exact) mass is 347 g/mol. The van der Waals surface area contributed by atoms with Gasteiger partial charge in [-0.2, -0.15) is 0 Å². The van der Waals surface area contributed by atoms with Gasteiger partial charge in [0.25, 0.3) is 0 Å². The van der Waals surface area contributed by atoms with Gasteiger partial charge in [0.2, 0.25) is 0 Å². The third kappa shape index (κ3) is 4.09. The van der Waals surface area contributed by atoms with E-state index in [1.165, 1.54) is 12.0 Å². The van der Waals surface area contributed by atoms with Crippen LogP contribution in [-0.4, -0.2) is 26.9 Å². The molecule has 1 fully saturated rings. The van der Waals surface area contributed by atoms with Crippen molar-refractivity contribution in [2.75, 3.05) is 26.9 Å². The summed E-state index contributed by atoms with van der Waals surface area (Å²) in [5, 5.41) is 4.13. The van der Waals surface area contributed by atoms with E-state index >= 15 is 0 Å². The predicted octanol–water partition coefficient (Wildman–Crippen LogP) is 3.94. The number of halogens is 2. The second-order valence-electron chi connectivity index (χ2n) is 4.65. The highest BCUT2D eigenvalue weighted by molar-refractivity contribution is 9.10. The van der Waals surface area contributed by atoms with Gasteiger partial charge >= 0.3 is 0 Å². The van der Waals surface area contributed by atoms with Crippen LogP contribution in [0.2, 0.25) is 5.02 Å². The first-order valence-electron chi connectivity index (χ1n) is 6.56. The molecule has 1 aromatic carbocycles. The lowest BCUT2D eigenvalue weighted by atomic mass is 10.1. The maximum absolute atomic E-state index is 6.21. The fourth-order valence-corrected chi connectivity index (χ4v) is 3.23. The van der Waals surface area contributed by atoms with Crippen molar-refractivity contribution in [1.29, 1.82) is 0 Å². The fourth-order valence-electron chi connectivity index (χ4n) is 2.26. The number of ether oxygens (including phenoxy) is 2. The Balaban J connectivity index is 2.07. The summed E-state index contributed by atoms with van der Waals surface area (Å²) in [6.07, 6.45) is 3.23. The lowest BCUT2D eigenvalue weighted by Gasteiger charge is -2.16. The van der Waals surface area contributed by atoms with Crippen molar-refractivity contribution in [2.45, 2.75) is 25.3 Å². The van der Waals surface area contributed by atoms with Crippen LogP contribution >= 0.6 is 27.5 Å². The van der Waals surface area contributed by atoms with E-state index in [2.05, 4.69) is 21.2 Å². The number of hydrogen-bond acceptors (Lipinski definition) is 3. The zero-order valence-corrected chi connectivity index (χ0v) is 13.4. The number of benzene rings is 1. The molecule has 1 unspecified atom stereocenters. The summed E-state index contributed by atoms with van der Waals surface area (Å²) in [7, 11) is 1.69. The highest BCUT2D eigenvalue weighted by Gasteiger charge is 2.20. The highest BCUT2D eigenvalue weighted by Crippen LogP contribution is 2.36. The minimum atomic E-state index is 0.396. The molecule has 1 N–H and O–H groups in total. The molecule has 0 spiro atoms. The molecule has 2 rings (SSSR count). The first-order valence-corrected chi connectivity index (χ1v) is 7.73. The Kier molecular flexibility index (Phi) is 5.95. The zero-order chi connectivity index (χ0) is 13.7. The molecule has 1 saturated heterocycles. The van der Waals surface area contributed by atoms with Crippen molar-refractivity contribution in [3.8, 4) is 5.75 Å². The minimum absolute atomic E-state index is 0.396. The molecule has 3 nitrogen and oxygen atoms in total. The highest BCUT2D eigenvalue weighted by atomic mass is 79.9. The third-order valence-electron chi connectivity index (χ3n) is 3.24. The largest absolute Gasteiger partial charge is 0.492 e. The van der Waals surface area contributed by atoms with E-state index < -0.39 is 0 Å². The summed E-state index contributed by atoms with van der Waals surface area (Å²) in [5.41, 5.74) is 1.23. The molecule has 1 aliphatic rings. The molecule has 106 valence electrons. The molecule has 0 radical (unpaired) electrons. The molecule has 1 aliphatic heterocycles. The quantitative estimate of drug-likeness (QED) is 0.790. The van der Waals surface area contributed by atoms with E-state index in [0.29, 0.717) is 24.3 Å². The Morgan fingerprint density at radius 2 is 2.26 bits per heavy atom. The number of rotatable bonds is 6. The maximum Gasteiger partial charge on any atom is 0.138 e. The van der Waals surface area contributed by atoms with Crippen molar-refractivity contribution in [3.63, 3.8) is 0 Å². The Bertz CT molecular complexity index is 422. The average Bonchev–Trinajstić information content (AvgIpc) is 2.90. The molecule has 1 aromatic rings. The molecule has 5 heteroatoms. The van der Waals surface area contributed by atoms with Crippen molar-refractivity contribution < 1.29 is 9.47 Å². The number of methoxy groups -OCH3 is 1. The Morgan fingerprint density at radius 3 is 2.95 bits per heavy atom. The summed E-state index contributed by atoms with van der Waals surface area (Å²) in [6.45, 7) is 2.39. The van der Waals surface area contributed by atoms with Crippen LogP contribution in [0.25, 0.3) is 0 Å². The molecular formula is C14H19BrClNO2. The van der Waals surface area contributed by atoms with Crippen molar-refractivity contribution in [2.24, 2.45) is 0 Å². The maximum atomic E-state index is 6.21. The zero-order valence-electron chi connectivity index (χ0n) is 11.0. The SMILES string of the molecule is COCCCOc1cc(C2CCCN2)c(Br)cc1Cl. The van der Waals surface area contributed by atoms with E-state index in [1.807, 2.05) is 12.1 Å². The fraction of sp³-hybridized carbons (Fsp3) is 0.571.